The molecule has 0 saturated heterocycles. The molecule has 0 saturated carbocycles. The van der Waals surface area contributed by atoms with Crippen molar-refractivity contribution in [2.75, 3.05) is 13.1 Å². The van der Waals surface area contributed by atoms with Gasteiger partial charge in [0.25, 0.3) is 0 Å². The summed E-state index contributed by atoms with van der Waals surface area (Å²) in [5, 5.41) is 3.35. The van der Waals surface area contributed by atoms with Gasteiger partial charge in [-0.3, -0.25) is 0 Å². The van der Waals surface area contributed by atoms with E-state index in [0.717, 1.165) is 44.0 Å². The van der Waals surface area contributed by atoms with Crippen LogP contribution in [0.4, 0.5) is 0 Å². The monoisotopic (exact) mass is 264 g/mol. The topological polar surface area (TPSA) is 38.1 Å². The number of oxazole rings is 1. The van der Waals surface area contributed by atoms with Crippen LogP contribution < -0.4 is 5.32 Å². The van der Waals surface area contributed by atoms with Crippen LogP contribution in [0.3, 0.4) is 0 Å². The van der Waals surface area contributed by atoms with Gasteiger partial charge in [0, 0.05) is 17.8 Å². The van der Waals surface area contributed by atoms with Gasteiger partial charge in [-0.1, -0.05) is 13.8 Å². The average Bonchev–Trinajstić information content (AvgIpc) is 3.03. The van der Waals surface area contributed by atoms with Crippen LogP contribution in [0.2, 0.25) is 0 Å². The van der Waals surface area contributed by atoms with E-state index in [-0.39, 0.29) is 0 Å². The fourth-order valence-corrected chi connectivity index (χ4v) is 2.63. The van der Waals surface area contributed by atoms with Crippen molar-refractivity contribution in [2.45, 2.75) is 33.1 Å². The average molecular weight is 264 g/mol. The van der Waals surface area contributed by atoms with Gasteiger partial charge in [0.15, 0.2) is 11.7 Å². The van der Waals surface area contributed by atoms with E-state index in [4.69, 9.17) is 4.42 Å². The normalized spacial score (nSPS) is 11.0. The fraction of sp³-hybridized carbons (Fsp3) is 0.500. The number of hydrogen-bond donors (Lipinski definition) is 1. The zero-order chi connectivity index (χ0) is 12.8. The molecule has 0 atom stereocenters. The molecule has 18 heavy (non-hydrogen) atoms. The first kappa shape index (κ1) is 13.3. The van der Waals surface area contributed by atoms with Crippen molar-refractivity contribution in [1.29, 1.82) is 0 Å². The predicted octanol–water partition coefficient (Wildman–Crippen LogP) is 3.51. The SMILES string of the molecule is CCCNCCc1ncc(-c2ccc(CC)s2)o1. The molecule has 3 nitrogen and oxygen atoms in total. The first-order chi connectivity index (χ1) is 8.83. The largest absolute Gasteiger partial charge is 0.440 e. The maximum absolute atomic E-state index is 5.77. The molecule has 0 aliphatic carbocycles. The minimum atomic E-state index is 0.819. The van der Waals surface area contributed by atoms with Gasteiger partial charge in [-0.05, 0) is 31.5 Å². The Hall–Kier alpha value is -1.13. The maximum Gasteiger partial charge on any atom is 0.196 e. The molecule has 0 aliphatic rings. The van der Waals surface area contributed by atoms with Crippen LogP contribution in [0.1, 0.15) is 31.0 Å². The number of nitrogens with zero attached hydrogens (tertiary/aromatic N) is 1. The quantitative estimate of drug-likeness (QED) is 0.778. The second-order valence-corrected chi connectivity index (χ2v) is 5.41. The molecule has 98 valence electrons. The summed E-state index contributed by atoms with van der Waals surface area (Å²) in [5.74, 6) is 1.71. The summed E-state index contributed by atoms with van der Waals surface area (Å²) in [4.78, 5) is 6.88. The van der Waals surface area contributed by atoms with Gasteiger partial charge in [0.05, 0.1) is 11.1 Å². The summed E-state index contributed by atoms with van der Waals surface area (Å²) in [5.41, 5.74) is 0. The Balaban J connectivity index is 1.93. The first-order valence-corrected chi connectivity index (χ1v) is 7.39. The third-order valence-electron chi connectivity index (χ3n) is 2.75. The number of aryl methyl sites for hydroxylation is 1. The highest BCUT2D eigenvalue weighted by Gasteiger charge is 2.08. The highest BCUT2D eigenvalue weighted by Crippen LogP contribution is 2.28. The highest BCUT2D eigenvalue weighted by molar-refractivity contribution is 7.15. The van der Waals surface area contributed by atoms with Gasteiger partial charge in [-0.2, -0.15) is 0 Å². The number of nitrogens with one attached hydrogen (secondary N) is 1. The summed E-state index contributed by atoms with van der Waals surface area (Å²) >= 11 is 1.78. The lowest BCUT2D eigenvalue weighted by atomic mass is 10.3. The number of hydrogen-bond acceptors (Lipinski definition) is 4. The van der Waals surface area contributed by atoms with Crippen molar-refractivity contribution >= 4 is 11.3 Å². The summed E-state index contributed by atoms with van der Waals surface area (Å²) in [7, 11) is 0. The Morgan fingerprint density at radius 1 is 1.28 bits per heavy atom. The zero-order valence-electron chi connectivity index (χ0n) is 11.0. The summed E-state index contributed by atoms with van der Waals surface area (Å²) in [6.45, 7) is 6.32. The van der Waals surface area contributed by atoms with Crippen LogP contribution >= 0.6 is 11.3 Å². The molecule has 0 spiro atoms. The van der Waals surface area contributed by atoms with Crippen LogP contribution in [-0.4, -0.2) is 18.1 Å². The Bertz CT molecular complexity index is 476. The van der Waals surface area contributed by atoms with Gasteiger partial charge in [-0.25, -0.2) is 4.98 Å². The van der Waals surface area contributed by atoms with Crippen LogP contribution in [0.25, 0.3) is 10.6 Å². The molecule has 2 aromatic rings. The van der Waals surface area contributed by atoms with Crippen LogP contribution in [0.5, 0.6) is 0 Å². The van der Waals surface area contributed by atoms with Gasteiger partial charge in [-0.15, -0.1) is 11.3 Å². The molecular formula is C14H20N2OS. The van der Waals surface area contributed by atoms with Crippen molar-refractivity contribution in [3.63, 3.8) is 0 Å². The number of thiophene rings is 1. The smallest absolute Gasteiger partial charge is 0.196 e. The summed E-state index contributed by atoms with van der Waals surface area (Å²) in [6.07, 6.45) is 4.92. The van der Waals surface area contributed by atoms with E-state index in [1.165, 1.54) is 9.75 Å². The van der Waals surface area contributed by atoms with E-state index in [0.29, 0.717) is 0 Å². The highest BCUT2D eigenvalue weighted by atomic mass is 32.1. The van der Waals surface area contributed by atoms with Crippen LogP contribution in [0.15, 0.2) is 22.7 Å². The molecule has 0 aromatic carbocycles. The standard InChI is InChI=1S/C14H20N2OS/c1-3-8-15-9-7-14-16-10-12(17-14)13-6-5-11(4-2)18-13/h5-6,10,15H,3-4,7-9H2,1-2H3. The molecule has 0 fully saturated rings. The van der Waals surface area contributed by atoms with Crippen LogP contribution in [0, 0.1) is 0 Å². The van der Waals surface area contributed by atoms with Crippen LogP contribution in [-0.2, 0) is 12.8 Å². The minimum Gasteiger partial charge on any atom is -0.440 e. The minimum absolute atomic E-state index is 0.819. The number of rotatable bonds is 7. The lowest BCUT2D eigenvalue weighted by Crippen LogP contribution is -2.17. The van der Waals surface area contributed by atoms with Crippen molar-refractivity contribution < 1.29 is 4.42 Å². The molecule has 0 aliphatic heterocycles. The Kier molecular flexibility index (Phi) is 4.96. The van der Waals surface area contributed by atoms with Crippen molar-refractivity contribution in [3.8, 4) is 10.6 Å². The van der Waals surface area contributed by atoms with E-state index in [1.54, 1.807) is 11.3 Å². The Morgan fingerprint density at radius 2 is 2.17 bits per heavy atom. The van der Waals surface area contributed by atoms with Gasteiger partial charge in [0.2, 0.25) is 0 Å². The van der Waals surface area contributed by atoms with Crippen molar-refractivity contribution in [1.82, 2.24) is 10.3 Å². The Labute approximate surface area is 112 Å². The van der Waals surface area contributed by atoms with E-state index in [1.807, 2.05) is 6.20 Å². The third-order valence-corrected chi connectivity index (χ3v) is 3.99. The molecule has 0 unspecified atom stereocenters. The fourth-order valence-electron chi connectivity index (χ4n) is 1.74. The number of aromatic nitrogens is 1. The van der Waals surface area contributed by atoms with E-state index in [9.17, 15) is 0 Å². The zero-order valence-corrected chi connectivity index (χ0v) is 11.8. The molecular weight excluding hydrogens is 244 g/mol. The van der Waals surface area contributed by atoms with Gasteiger partial charge >= 0.3 is 0 Å². The molecule has 2 rings (SSSR count). The first-order valence-electron chi connectivity index (χ1n) is 6.58. The molecule has 4 heteroatoms. The third kappa shape index (κ3) is 3.43. The second kappa shape index (κ2) is 6.71. The lowest BCUT2D eigenvalue weighted by Gasteiger charge is -1.98. The van der Waals surface area contributed by atoms with Gasteiger partial charge < -0.3 is 9.73 Å². The molecule has 2 aromatic heterocycles. The van der Waals surface area contributed by atoms with E-state index < -0.39 is 0 Å². The Morgan fingerprint density at radius 3 is 2.89 bits per heavy atom. The predicted molar refractivity (Wildman–Crippen MR) is 76.1 cm³/mol. The molecule has 2 heterocycles. The van der Waals surface area contributed by atoms with Crippen molar-refractivity contribution in [3.05, 3.63) is 29.1 Å². The van der Waals surface area contributed by atoms with E-state index >= 15 is 0 Å². The van der Waals surface area contributed by atoms with Gasteiger partial charge in [0.1, 0.15) is 0 Å². The second-order valence-electron chi connectivity index (χ2n) is 4.24. The molecule has 0 radical (unpaired) electrons. The summed E-state index contributed by atoms with van der Waals surface area (Å²) in [6, 6.07) is 4.27. The van der Waals surface area contributed by atoms with Crippen molar-refractivity contribution in [2.24, 2.45) is 0 Å². The summed E-state index contributed by atoms with van der Waals surface area (Å²) < 4.78 is 5.77. The molecule has 0 amide bonds. The molecule has 1 N–H and O–H groups in total. The lowest BCUT2D eigenvalue weighted by molar-refractivity contribution is 0.495. The maximum atomic E-state index is 5.77. The molecule has 0 bridgehead atoms. The van der Waals surface area contributed by atoms with E-state index in [2.05, 4.69) is 36.3 Å².